The number of piperazine rings is 2. The van der Waals surface area contributed by atoms with Crippen molar-refractivity contribution in [1.29, 1.82) is 10.5 Å². The molecule has 2 amide bonds. The van der Waals surface area contributed by atoms with Crippen molar-refractivity contribution in [3.63, 3.8) is 0 Å². The molecular formula is C34H50N8O6. The molecule has 48 heavy (non-hydrogen) atoms. The molecule has 2 N–H and O–H groups in total. The van der Waals surface area contributed by atoms with Crippen molar-refractivity contribution in [2.75, 3.05) is 67.9 Å². The molecule has 2 aliphatic heterocycles. The number of anilines is 3. The topological polar surface area (TPSA) is 182 Å². The Bertz CT molecular complexity index is 1500. The van der Waals surface area contributed by atoms with Crippen LogP contribution in [-0.2, 0) is 9.47 Å². The number of amides is 2. The van der Waals surface area contributed by atoms with Crippen LogP contribution in [0.4, 0.5) is 32.3 Å². The summed E-state index contributed by atoms with van der Waals surface area (Å²) in [7, 11) is 0. The van der Waals surface area contributed by atoms with Gasteiger partial charge in [-0.05, 0) is 71.9 Å². The summed E-state index contributed by atoms with van der Waals surface area (Å²) in [5, 5.41) is 29.0. The summed E-state index contributed by atoms with van der Waals surface area (Å²) in [6.45, 7) is 15.3. The van der Waals surface area contributed by atoms with Gasteiger partial charge in [-0.2, -0.15) is 10.5 Å². The van der Waals surface area contributed by atoms with Gasteiger partial charge in [0, 0.05) is 58.4 Å². The number of benzene rings is 2. The largest absolute Gasteiger partial charge is 0.444 e. The first-order chi connectivity index (χ1) is 21.5. The molecule has 0 aromatic heterocycles. The van der Waals surface area contributed by atoms with Crippen molar-refractivity contribution in [2.45, 2.75) is 67.6 Å². The number of carbonyl (C=O) groups is 2. The van der Waals surface area contributed by atoms with Gasteiger partial charge in [0.25, 0.3) is 5.69 Å². The maximum Gasteiger partial charge on any atom is 0.410 e. The fraction of sp³-hybridized carbons (Fsp3) is 0.529. The van der Waals surface area contributed by atoms with Crippen molar-refractivity contribution in [1.82, 2.24) is 9.80 Å². The van der Waals surface area contributed by atoms with E-state index in [1.54, 1.807) is 54.8 Å². The summed E-state index contributed by atoms with van der Waals surface area (Å²) >= 11 is 0. The number of nitrogens with zero attached hydrogens (tertiary/aromatic N) is 7. The summed E-state index contributed by atoms with van der Waals surface area (Å²) in [6, 6.07) is 13.7. The maximum atomic E-state index is 12.1. The summed E-state index contributed by atoms with van der Waals surface area (Å²) in [5.74, 6) is 0. The van der Waals surface area contributed by atoms with Crippen LogP contribution >= 0.6 is 0 Å². The van der Waals surface area contributed by atoms with Gasteiger partial charge in [-0.1, -0.05) is 14.9 Å². The Hall–Kier alpha value is -5.24. The number of rotatable bonds is 3. The second-order valence-electron chi connectivity index (χ2n) is 12.9. The Kier molecular flexibility index (Phi) is 14.5. The fourth-order valence-corrected chi connectivity index (χ4v) is 4.83. The highest BCUT2D eigenvalue weighted by molar-refractivity contribution is 5.72. The predicted molar refractivity (Wildman–Crippen MR) is 187 cm³/mol. The van der Waals surface area contributed by atoms with Gasteiger partial charge in [0.2, 0.25) is 0 Å². The minimum absolute atomic E-state index is 0. The van der Waals surface area contributed by atoms with E-state index in [0.29, 0.717) is 69.3 Å². The fourth-order valence-electron chi connectivity index (χ4n) is 4.83. The second-order valence-corrected chi connectivity index (χ2v) is 12.9. The smallest absolute Gasteiger partial charge is 0.410 e. The van der Waals surface area contributed by atoms with Crippen molar-refractivity contribution in [3.8, 4) is 12.1 Å². The van der Waals surface area contributed by atoms with E-state index in [1.165, 1.54) is 6.07 Å². The number of nitrogens with two attached hydrogens (primary N) is 1. The third-order valence-electron chi connectivity index (χ3n) is 7.00. The number of nitrogen functional groups attached to an aromatic ring is 1. The minimum Gasteiger partial charge on any atom is -0.444 e. The monoisotopic (exact) mass is 666 g/mol. The first-order valence-corrected chi connectivity index (χ1v) is 14.9. The van der Waals surface area contributed by atoms with Crippen LogP contribution in [0.25, 0.3) is 0 Å². The van der Waals surface area contributed by atoms with E-state index < -0.39 is 16.1 Å². The molecule has 2 aromatic rings. The third kappa shape index (κ3) is 11.5. The highest BCUT2D eigenvalue weighted by atomic mass is 16.6. The Balaban J connectivity index is 0.000000462. The van der Waals surface area contributed by atoms with Crippen LogP contribution in [0.1, 0.15) is 67.5 Å². The van der Waals surface area contributed by atoms with Crippen LogP contribution in [-0.4, -0.2) is 90.5 Å². The first kappa shape index (κ1) is 40.8. The Labute approximate surface area is 284 Å². The van der Waals surface area contributed by atoms with Crippen molar-refractivity contribution < 1.29 is 24.0 Å². The number of ether oxygens (including phenoxy) is 2. The highest BCUT2D eigenvalue weighted by Gasteiger charge is 2.29. The molecule has 2 aromatic carbocycles. The van der Waals surface area contributed by atoms with Gasteiger partial charge in [-0.25, -0.2) is 9.59 Å². The van der Waals surface area contributed by atoms with Crippen LogP contribution in [0.2, 0.25) is 0 Å². The molecule has 0 atom stereocenters. The number of nitro groups is 1. The molecule has 0 saturated carbocycles. The molecule has 0 bridgehead atoms. The second kappa shape index (κ2) is 17.1. The minimum atomic E-state index is -0.555. The number of nitro benzene ring substituents is 1. The van der Waals surface area contributed by atoms with Gasteiger partial charge in [-0.3, -0.25) is 10.1 Å². The summed E-state index contributed by atoms with van der Waals surface area (Å²) < 4.78 is 10.7. The lowest BCUT2D eigenvalue weighted by molar-refractivity contribution is -0.384. The highest BCUT2D eigenvalue weighted by Crippen LogP contribution is 2.30. The predicted octanol–water partition coefficient (Wildman–Crippen LogP) is 5.99. The van der Waals surface area contributed by atoms with E-state index in [-0.39, 0.29) is 38.3 Å². The number of hydrogen-bond acceptors (Lipinski definition) is 11. The molecule has 14 nitrogen and oxygen atoms in total. The molecule has 2 aliphatic rings. The van der Waals surface area contributed by atoms with Crippen molar-refractivity contribution >= 4 is 34.9 Å². The Morgan fingerprint density at radius 2 is 1.10 bits per heavy atom. The number of nitriles is 2. The van der Waals surface area contributed by atoms with Gasteiger partial charge in [-0.15, -0.1) is 0 Å². The van der Waals surface area contributed by atoms with E-state index in [4.69, 9.17) is 25.7 Å². The molecule has 14 heteroatoms. The quantitative estimate of drug-likeness (QED) is 0.231. The van der Waals surface area contributed by atoms with E-state index in [9.17, 15) is 19.7 Å². The normalized spacial score (nSPS) is 14.5. The van der Waals surface area contributed by atoms with Crippen LogP contribution < -0.4 is 15.5 Å². The SMILES string of the molecule is C.C.CC(C)(C)OC(=O)N1CCN(c2ccc(C#N)cc2N)CC1.CC(C)(C)OC(=O)N1CCN(c2ccc(C#N)cc2[N+](=O)[O-])CC1. The van der Waals surface area contributed by atoms with E-state index >= 15 is 0 Å². The molecule has 0 radical (unpaired) electrons. The molecule has 262 valence electrons. The van der Waals surface area contributed by atoms with Crippen LogP contribution in [0.5, 0.6) is 0 Å². The molecule has 4 rings (SSSR count). The Morgan fingerprint density at radius 3 is 1.46 bits per heavy atom. The lowest BCUT2D eigenvalue weighted by Gasteiger charge is -2.37. The van der Waals surface area contributed by atoms with Gasteiger partial charge >= 0.3 is 12.2 Å². The first-order valence-electron chi connectivity index (χ1n) is 14.9. The summed E-state index contributed by atoms with van der Waals surface area (Å²) in [6.07, 6.45) is -0.656. The average molecular weight is 667 g/mol. The molecule has 2 saturated heterocycles. The molecular weight excluding hydrogens is 616 g/mol. The molecule has 0 spiro atoms. The van der Waals surface area contributed by atoms with Crippen molar-refractivity contribution in [2.24, 2.45) is 0 Å². The lowest BCUT2D eigenvalue weighted by Crippen LogP contribution is -2.50. The lowest BCUT2D eigenvalue weighted by atomic mass is 10.1. The number of carbonyl (C=O) groups excluding carboxylic acids is 2. The van der Waals surface area contributed by atoms with Gasteiger partial charge in [0.05, 0.1) is 39.6 Å². The van der Waals surface area contributed by atoms with Crippen LogP contribution in [0.3, 0.4) is 0 Å². The van der Waals surface area contributed by atoms with Crippen LogP contribution in [0, 0.1) is 32.8 Å². The molecule has 2 fully saturated rings. The van der Waals surface area contributed by atoms with Crippen molar-refractivity contribution in [3.05, 3.63) is 57.6 Å². The van der Waals surface area contributed by atoms with E-state index in [1.807, 2.05) is 37.8 Å². The molecule has 2 heterocycles. The zero-order valence-corrected chi connectivity index (χ0v) is 27.3. The van der Waals surface area contributed by atoms with Crippen LogP contribution in [0.15, 0.2) is 36.4 Å². The van der Waals surface area contributed by atoms with E-state index in [0.717, 1.165) is 5.69 Å². The summed E-state index contributed by atoms with van der Waals surface area (Å²) in [4.78, 5) is 42.1. The standard InChI is InChI=1S/C16H20N4O4.C16H22N4O2.2CH4/c1-16(2,3)24-15(21)19-8-6-18(7-9-19)13-5-4-12(11-17)10-14(13)20(22)23;1-16(2,3)22-15(21)20-8-6-19(7-9-20)14-5-4-12(11-17)10-13(14)18;;/h4-5,10H,6-9H2,1-3H3;4-5,10H,6-9,18H2,1-3H3;2*1H4. The van der Waals surface area contributed by atoms with Gasteiger partial charge in [0.15, 0.2) is 0 Å². The maximum absolute atomic E-state index is 12.1. The van der Waals surface area contributed by atoms with E-state index in [2.05, 4.69) is 11.0 Å². The van der Waals surface area contributed by atoms with Gasteiger partial charge < -0.3 is 34.8 Å². The third-order valence-corrected chi connectivity index (χ3v) is 7.00. The summed E-state index contributed by atoms with van der Waals surface area (Å²) in [5.41, 5.74) is 7.63. The number of hydrogen-bond donors (Lipinski definition) is 1. The average Bonchev–Trinajstić information content (AvgIpc) is 2.99. The zero-order valence-electron chi connectivity index (χ0n) is 27.3. The molecule has 0 aliphatic carbocycles. The molecule has 0 unspecified atom stereocenters. The van der Waals surface area contributed by atoms with Gasteiger partial charge in [0.1, 0.15) is 16.9 Å². The Morgan fingerprint density at radius 1 is 0.729 bits per heavy atom. The zero-order chi connectivity index (χ0) is 34.2.